The van der Waals surface area contributed by atoms with E-state index in [1.807, 2.05) is 0 Å². The monoisotopic (exact) mass is 338 g/mol. The first-order valence-corrected chi connectivity index (χ1v) is 7.19. The molecule has 0 fully saturated rings. The number of carbonyl (C=O) groups excluding carboxylic acids is 1. The highest BCUT2D eigenvalue weighted by Crippen LogP contribution is 2.26. The summed E-state index contributed by atoms with van der Waals surface area (Å²) in [5.74, 6) is -0.461. The van der Waals surface area contributed by atoms with Crippen LogP contribution in [0.2, 0.25) is 5.02 Å². The SMILES string of the molecule is COC(=O)C(C)(C)Oc1cc(-c2ccc(Cl)c(F)c2)nc(C)n1. The zero-order valence-corrected chi connectivity index (χ0v) is 13.9. The molecule has 0 aliphatic rings. The second kappa shape index (κ2) is 6.50. The van der Waals surface area contributed by atoms with E-state index in [1.165, 1.54) is 25.3 Å². The number of methoxy groups -OCH3 is 1. The molecule has 0 unspecified atom stereocenters. The van der Waals surface area contributed by atoms with Crippen molar-refractivity contribution in [1.29, 1.82) is 0 Å². The standard InChI is InChI=1S/C16H16ClFN2O3/c1-9-19-13(10-5-6-11(17)12(18)7-10)8-14(20-9)23-16(2,3)15(21)22-4/h5-8H,1-4H3. The Labute approximate surface area is 138 Å². The van der Waals surface area contributed by atoms with Crippen molar-refractivity contribution in [3.05, 3.63) is 40.9 Å². The lowest BCUT2D eigenvalue weighted by Crippen LogP contribution is -2.39. The first-order valence-electron chi connectivity index (χ1n) is 6.81. The van der Waals surface area contributed by atoms with Crippen LogP contribution in [-0.2, 0) is 9.53 Å². The van der Waals surface area contributed by atoms with Gasteiger partial charge in [-0.3, -0.25) is 0 Å². The summed E-state index contributed by atoms with van der Waals surface area (Å²) < 4.78 is 23.9. The van der Waals surface area contributed by atoms with Crippen LogP contribution in [0.25, 0.3) is 11.3 Å². The van der Waals surface area contributed by atoms with Gasteiger partial charge in [0.15, 0.2) is 0 Å². The fourth-order valence-electron chi connectivity index (χ4n) is 1.94. The maximum Gasteiger partial charge on any atom is 0.349 e. The number of hydrogen-bond donors (Lipinski definition) is 0. The number of rotatable bonds is 4. The Balaban J connectivity index is 2.39. The topological polar surface area (TPSA) is 61.3 Å². The molecule has 23 heavy (non-hydrogen) atoms. The molecule has 0 amide bonds. The molecule has 0 aliphatic carbocycles. The van der Waals surface area contributed by atoms with Gasteiger partial charge in [0.1, 0.15) is 11.6 Å². The predicted molar refractivity (Wildman–Crippen MR) is 83.9 cm³/mol. The molecule has 122 valence electrons. The van der Waals surface area contributed by atoms with Crippen LogP contribution in [0.5, 0.6) is 5.88 Å². The highest BCUT2D eigenvalue weighted by Gasteiger charge is 2.31. The highest BCUT2D eigenvalue weighted by atomic mass is 35.5. The lowest BCUT2D eigenvalue weighted by atomic mass is 10.1. The van der Waals surface area contributed by atoms with E-state index in [4.69, 9.17) is 16.3 Å². The summed E-state index contributed by atoms with van der Waals surface area (Å²) in [7, 11) is 1.28. The Bertz CT molecular complexity index is 750. The number of carbonyl (C=O) groups is 1. The number of benzene rings is 1. The molecular formula is C16H16ClFN2O3. The first kappa shape index (κ1) is 17.1. The Hall–Kier alpha value is -2.21. The second-order valence-electron chi connectivity index (χ2n) is 5.37. The van der Waals surface area contributed by atoms with Gasteiger partial charge in [0, 0.05) is 11.6 Å². The minimum atomic E-state index is -1.21. The van der Waals surface area contributed by atoms with E-state index in [2.05, 4.69) is 14.7 Å². The van der Waals surface area contributed by atoms with E-state index in [9.17, 15) is 9.18 Å². The van der Waals surface area contributed by atoms with Gasteiger partial charge in [0.2, 0.25) is 11.5 Å². The Kier molecular flexibility index (Phi) is 4.85. The summed E-state index contributed by atoms with van der Waals surface area (Å²) in [6.07, 6.45) is 0. The lowest BCUT2D eigenvalue weighted by Gasteiger charge is -2.22. The molecule has 2 aromatic rings. The van der Waals surface area contributed by atoms with Crippen molar-refractivity contribution in [2.24, 2.45) is 0 Å². The fourth-order valence-corrected chi connectivity index (χ4v) is 2.06. The van der Waals surface area contributed by atoms with Crippen molar-refractivity contribution in [1.82, 2.24) is 9.97 Å². The Morgan fingerprint density at radius 2 is 1.96 bits per heavy atom. The number of esters is 1. The van der Waals surface area contributed by atoms with Crippen molar-refractivity contribution < 1.29 is 18.7 Å². The molecule has 0 N–H and O–H groups in total. The van der Waals surface area contributed by atoms with E-state index in [1.54, 1.807) is 26.8 Å². The summed E-state index contributed by atoms with van der Waals surface area (Å²) in [5, 5.41) is 0.0304. The minimum Gasteiger partial charge on any atom is -0.466 e. The maximum atomic E-state index is 13.6. The van der Waals surface area contributed by atoms with E-state index in [-0.39, 0.29) is 10.9 Å². The van der Waals surface area contributed by atoms with Gasteiger partial charge in [-0.05, 0) is 32.9 Å². The molecule has 1 aromatic carbocycles. The van der Waals surface area contributed by atoms with Gasteiger partial charge >= 0.3 is 5.97 Å². The van der Waals surface area contributed by atoms with Gasteiger partial charge in [-0.25, -0.2) is 14.2 Å². The molecule has 2 rings (SSSR count). The molecule has 0 atom stereocenters. The Morgan fingerprint density at radius 3 is 2.57 bits per heavy atom. The van der Waals surface area contributed by atoms with E-state index >= 15 is 0 Å². The summed E-state index contributed by atoms with van der Waals surface area (Å²) in [6.45, 7) is 4.81. The van der Waals surface area contributed by atoms with Gasteiger partial charge in [-0.15, -0.1) is 0 Å². The molecule has 5 nitrogen and oxygen atoms in total. The fraction of sp³-hybridized carbons (Fsp3) is 0.312. The number of halogens is 2. The zero-order chi connectivity index (χ0) is 17.2. The molecule has 7 heteroatoms. The molecule has 0 saturated heterocycles. The van der Waals surface area contributed by atoms with Crippen molar-refractivity contribution in [3.63, 3.8) is 0 Å². The molecule has 1 heterocycles. The quantitative estimate of drug-likeness (QED) is 0.797. The van der Waals surface area contributed by atoms with Crippen LogP contribution in [-0.4, -0.2) is 28.6 Å². The largest absolute Gasteiger partial charge is 0.466 e. The summed E-state index contributed by atoms with van der Waals surface area (Å²) in [4.78, 5) is 20.1. The van der Waals surface area contributed by atoms with Crippen LogP contribution in [0.15, 0.2) is 24.3 Å². The average Bonchev–Trinajstić information content (AvgIpc) is 2.48. The van der Waals surface area contributed by atoms with Crippen LogP contribution in [0.3, 0.4) is 0 Å². The Morgan fingerprint density at radius 1 is 1.26 bits per heavy atom. The molecule has 0 bridgehead atoms. The van der Waals surface area contributed by atoms with Crippen molar-refractivity contribution in [2.75, 3.05) is 7.11 Å². The number of aryl methyl sites for hydroxylation is 1. The molecule has 0 spiro atoms. The van der Waals surface area contributed by atoms with Gasteiger partial charge in [0.25, 0.3) is 0 Å². The second-order valence-corrected chi connectivity index (χ2v) is 5.78. The van der Waals surface area contributed by atoms with Gasteiger partial charge < -0.3 is 9.47 Å². The predicted octanol–water partition coefficient (Wildman–Crippen LogP) is 3.57. The van der Waals surface area contributed by atoms with Gasteiger partial charge in [-0.2, -0.15) is 4.98 Å². The summed E-state index contributed by atoms with van der Waals surface area (Å²) in [6, 6.07) is 5.89. The van der Waals surface area contributed by atoms with Crippen LogP contribution < -0.4 is 4.74 Å². The average molecular weight is 339 g/mol. The van der Waals surface area contributed by atoms with Crippen LogP contribution in [0.1, 0.15) is 19.7 Å². The first-order chi connectivity index (χ1) is 10.7. The third-order valence-corrected chi connectivity index (χ3v) is 3.37. The number of hydrogen-bond acceptors (Lipinski definition) is 5. The third-order valence-electron chi connectivity index (χ3n) is 3.07. The maximum absolute atomic E-state index is 13.6. The van der Waals surface area contributed by atoms with Gasteiger partial charge in [0.05, 0.1) is 17.8 Å². The van der Waals surface area contributed by atoms with Crippen LogP contribution in [0.4, 0.5) is 4.39 Å². The van der Waals surface area contributed by atoms with Crippen molar-refractivity contribution in [3.8, 4) is 17.1 Å². The van der Waals surface area contributed by atoms with E-state index < -0.39 is 17.4 Å². The number of nitrogens with zero attached hydrogens (tertiary/aromatic N) is 2. The molecule has 0 radical (unpaired) electrons. The smallest absolute Gasteiger partial charge is 0.349 e. The van der Waals surface area contributed by atoms with Crippen molar-refractivity contribution in [2.45, 2.75) is 26.4 Å². The number of ether oxygens (including phenoxy) is 2. The molecule has 0 aliphatic heterocycles. The van der Waals surface area contributed by atoms with Crippen LogP contribution in [0, 0.1) is 12.7 Å². The molecule has 0 saturated carbocycles. The number of aromatic nitrogens is 2. The summed E-state index contributed by atoms with van der Waals surface area (Å²) in [5.41, 5.74) is -0.222. The molecule has 1 aromatic heterocycles. The zero-order valence-electron chi connectivity index (χ0n) is 13.2. The van der Waals surface area contributed by atoms with Crippen molar-refractivity contribution >= 4 is 17.6 Å². The van der Waals surface area contributed by atoms with E-state index in [0.29, 0.717) is 17.1 Å². The summed E-state index contributed by atoms with van der Waals surface area (Å²) >= 11 is 5.68. The third kappa shape index (κ3) is 3.96. The molecular weight excluding hydrogens is 323 g/mol. The lowest BCUT2D eigenvalue weighted by molar-refractivity contribution is -0.156. The normalized spacial score (nSPS) is 11.2. The van der Waals surface area contributed by atoms with Gasteiger partial charge in [-0.1, -0.05) is 17.7 Å². The highest BCUT2D eigenvalue weighted by molar-refractivity contribution is 6.30. The van der Waals surface area contributed by atoms with Crippen LogP contribution >= 0.6 is 11.6 Å². The minimum absolute atomic E-state index is 0.0304. The van der Waals surface area contributed by atoms with E-state index in [0.717, 1.165) is 0 Å².